The summed E-state index contributed by atoms with van der Waals surface area (Å²) in [5.41, 5.74) is 3.29. The van der Waals surface area contributed by atoms with Crippen LogP contribution >= 0.6 is 0 Å². The van der Waals surface area contributed by atoms with Crippen LogP contribution in [0.5, 0.6) is 0 Å². The molecule has 0 bridgehead atoms. The number of rotatable bonds is 5. The Bertz CT molecular complexity index is 986. The minimum atomic E-state index is -0.544. The number of amides is 1. The van der Waals surface area contributed by atoms with Gasteiger partial charge in [-0.15, -0.1) is 0 Å². The van der Waals surface area contributed by atoms with Crippen LogP contribution < -0.4 is 5.32 Å². The van der Waals surface area contributed by atoms with Gasteiger partial charge in [-0.2, -0.15) is 10.2 Å². The lowest BCUT2D eigenvalue weighted by molar-refractivity contribution is -0.116. The van der Waals surface area contributed by atoms with Crippen LogP contribution in [0.15, 0.2) is 24.4 Å². The second-order valence-electron chi connectivity index (χ2n) is 6.10. The van der Waals surface area contributed by atoms with Gasteiger partial charge in [0.1, 0.15) is 0 Å². The molecule has 0 aliphatic heterocycles. The van der Waals surface area contributed by atoms with Crippen LogP contribution in [0, 0.1) is 13.8 Å². The number of methoxy groups -OCH3 is 1. The van der Waals surface area contributed by atoms with Crippen LogP contribution in [-0.2, 0) is 23.1 Å². The molecule has 1 N–H and O–H groups in total. The third kappa shape index (κ3) is 3.17. The lowest BCUT2D eigenvalue weighted by Gasteiger charge is -2.08. The molecule has 26 heavy (non-hydrogen) atoms. The first-order valence-electron chi connectivity index (χ1n) is 8.25. The molecule has 1 amide bonds. The van der Waals surface area contributed by atoms with Gasteiger partial charge in [-0.1, -0.05) is 12.1 Å². The van der Waals surface area contributed by atoms with E-state index in [4.69, 9.17) is 4.74 Å². The standard InChI is InChI=1S/C18H21N5O3/c1-11-6-5-7-14-13(11)10-19-23(14)9-8-15(24)20-16-12(2)21-22(3)17(16)18(25)26-4/h5-7,10H,8-9H2,1-4H3,(H,20,24). The van der Waals surface area contributed by atoms with Gasteiger partial charge in [-0.3, -0.25) is 14.2 Å². The highest BCUT2D eigenvalue weighted by atomic mass is 16.5. The number of ether oxygens (including phenoxy) is 1. The summed E-state index contributed by atoms with van der Waals surface area (Å²) in [4.78, 5) is 24.3. The zero-order valence-electron chi connectivity index (χ0n) is 15.2. The maximum Gasteiger partial charge on any atom is 0.358 e. The second-order valence-corrected chi connectivity index (χ2v) is 6.10. The number of aromatic nitrogens is 4. The van der Waals surface area contributed by atoms with Crippen LogP contribution in [0.4, 0.5) is 5.69 Å². The number of esters is 1. The number of fused-ring (bicyclic) bond motifs is 1. The van der Waals surface area contributed by atoms with E-state index < -0.39 is 5.97 Å². The van der Waals surface area contributed by atoms with Gasteiger partial charge in [-0.05, 0) is 25.5 Å². The maximum absolute atomic E-state index is 12.4. The molecule has 0 saturated carbocycles. The summed E-state index contributed by atoms with van der Waals surface area (Å²) in [5.74, 6) is -0.764. The highest BCUT2D eigenvalue weighted by Gasteiger charge is 2.22. The van der Waals surface area contributed by atoms with E-state index in [-0.39, 0.29) is 18.0 Å². The van der Waals surface area contributed by atoms with Crippen LogP contribution in [-0.4, -0.2) is 38.5 Å². The summed E-state index contributed by atoms with van der Waals surface area (Å²) < 4.78 is 7.97. The summed E-state index contributed by atoms with van der Waals surface area (Å²) in [6, 6.07) is 5.98. The number of benzene rings is 1. The van der Waals surface area contributed by atoms with Gasteiger partial charge in [0, 0.05) is 18.9 Å². The minimum Gasteiger partial charge on any atom is -0.464 e. The molecule has 0 fully saturated rings. The molecule has 1 aromatic carbocycles. The van der Waals surface area contributed by atoms with Crippen LogP contribution in [0.25, 0.3) is 10.9 Å². The first-order chi connectivity index (χ1) is 12.4. The Morgan fingerprint density at radius 3 is 2.77 bits per heavy atom. The van der Waals surface area contributed by atoms with Gasteiger partial charge in [0.2, 0.25) is 5.91 Å². The van der Waals surface area contributed by atoms with Gasteiger partial charge < -0.3 is 10.1 Å². The van der Waals surface area contributed by atoms with E-state index in [9.17, 15) is 9.59 Å². The monoisotopic (exact) mass is 355 g/mol. The number of carbonyl (C=O) groups excluding carboxylic acids is 2. The molecule has 0 spiro atoms. The van der Waals surface area contributed by atoms with Gasteiger partial charge in [0.15, 0.2) is 5.69 Å². The summed E-state index contributed by atoms with van der Waals surface area (Å²) in [6.07, 6.45) is 2.03. The molecule has 8 heteroatoms. The molecule has 8 nitrogen and oxygen atoms in total. The fourth-order valence-corrected chi connectivity index (χ4v) is 2.97. The molecule has 0 aliphatic rings. The van der Waals surface area contributed by atoms with Crippen molar-refractivity contribution in [3.8, 4) is 0 Å². The topological polar surface area (TPSA) is 91.0 Å². The molecule has 0 atom stereocenters. The van der Waals surface area contributed by atoms with Crippen molar-refractivity contribution in [1.29, 1.82) is 0 Å². The molecule has 0 radical (unpaired) electrons. The van der Waals surface area contributed by atoms with Crippen molar-refractivity contribution in [2.24, 2.45) is 7.05 Å². The number of nitrogens with one attached hydrogen (secondary N) is 1. The van der Waals surface area contributed by atoms with Crippen LogP contribution in [0.1, 0.15) is 28.2 Å². The fourth-order valence-electron chi connectivity index (χ4n) is 2.97. The summed E-state index contributed by atoms with van der Waals surface area (Å²) in [7, 11) is 2.92. The first kappa shape index (κ1) is 17.7. The van der Waals surface area contributed by atoms with Crippen LogP contribution in [0.2, 0.25) is 0 Å². The summed E-state index contributed by atoms with van der Waals surface area (Å²) >= 11 is 0. The Balaban J connectivity index is 1.74. The van der Waals surface area contributed by atoms with E-state index in [1.54, 1.807) is 18.7 Å². The SMILES string of the molecule is COC(=O)c1c(NC(=O)CCn2ncc3c(C)cccc32)c(C)nn1C. The largest absolute Gasteiger partial charge is 0.464 e. The van der Waals surface area contributed by atoms with Crippen molar-refractivity contribution in [2.45, 2.75) is 26.8 Å². The van der Waals surface area contributed by atoms with Crippen molar-refractivity contribution in [2.75, 3.05) is 12.4 Å². The van der Waals surface area contributed by atoms with Gasteiger partial charge in [0.25, 0.3) is 0 Å². The highest BCUT2D eigenvalue weighted by Crippen LogP contribution is 2.21. The van der Waals surface area contributed by atoms with E-state index in [2.05, 4.69) is 15.5 Å². The maximum atomic E-state index is 12.4. The Morgan fingerprint density at radius 1 is 1.27 bits per heavy atom. The molecule has 0 aliphatic carbocycles. The Labute approximate surface area is 150 Å². The van der Waals surface area contributed by atoms with Crippen molar-refractivity contribution in [3.63, 3.8) is 0 Å². The Morgan fingerprint density at radius 2 is 2.04 bits per heavy atom. The number of carbonyl (C=O) groups is 2. The second kappa shape index (κ2) is 6.99. The third-order valence-corrected chi connectivity index (χ3v) is 4.32. The molecule has 0 unspecified atom stereocenters. The average molecular weight is 355 g/mol. The highest BCUT2D eigenvalue weighted by molar-refractivity contribution is 6.00. The average Bonchev–Trinajstić information content (AvgIpc) is 3.14. The smallest absolute Gasteiger partial charge is 0.358 e. The molecule has 0 saturated heterocycles. The number of hydrogen-bond acceptors (Lipinski definition) is 5. The lowest BCUT2D eigenvalue weighted by atomic mass is 10.1. The number of hydrogen-bond donors (Lipinski definition) is 1. The molecule has 136 valence electrons. The van der Waals surface area contributed by atoms with Crippen LogP contribution in [0.3, 0.4) is 0 Å². The van der Waals surface area contributed by atoms with Gasteiger partial charge >= 0.3 is 5.97 Å². The lowest BCUT2D eigenvalue weighted by Crippen LogP contribution is -2.18. The van der Waals surface area contributed by atoms with E-state index in [0.29, 0.717) is 17.9 Å². The van der Waals surface area contributed by atoms with E-state index in [1.807, 2.05) is 31.3 Å². The van der Waals surface area contributed by atoms with Gasteiger partial charge in [0.05, 0.1) is 36.7 Å². The van der Waals surface area contributed by atoms with E-state index in [0.717, 1.165) is 16.5 Å². The number of nitrogens with zero attached hydrogens (tertiary/aromatic N) is 4. The zero-order chi connectivity index (χ0) is 18.8. The van der Waals surface area contributed by atoms with Crippen molar-refractivity contribution in [1.82, 2.24) is 19.6 Å². The molecule has 2 heterocycles. The summed E-state index contributed by atoms with van der Waals surface area (Å²) in [6.45, 7) is 4.19. The molecular weight excluding hydrogens is 334 g/mol. The third-order valence-electron chi connectivity index (χ3n) is 4.32. The molecule has 3 rings (SSSR count). The summed E-state index contributed by atoms with van der Waals surface area (Å²) in [5, 5.41) is 12.4. The molecular formula is C18H21N5O3. The minimum absolute atomic E-state index is 0.220. The molecule has 2 aromatic heterocycles. The first-order valence-corrected chi connectivity index (χ1v) is 8.25. The van der Waals surface area contributed by atoms with Crippen molar-refractivity contribution in [3.05, 3.63) is 41.3 Å². The number of aryl methyl sites for hydroxylation is 4. The zero-order valence-corrected chi connectivity index (χ0v) is 15.2. The number of anilines is 1. The Kier molecular flexibility index (Phi) is 4.75. The molecule has 3 aromatic rings. The fraction of sp³-hybridized carbons (Fsp3) is 0.333. The predicted octanol–water partition coefficient (Wildman–Crippen LogP) is 2.20. The van der Waals surface area contributed by atoms with Crippen molar-refractivity contribution >= 4 is 28.5 Å². The quantitative estimate of drug-likeness (QED) is 0.709. The van der Waals surface area contributed by atoms with E-state index >= 15 is 0 Å². The predicted molar refractivity (Wildman–Crippen MR) is 97.0 cm³/mol. The Hall–Kier alpha value is -3.16. The van der Waals surface area contributed by atoms with Crippen molar-refractivity contribution < 1.29 is 14.3 Å². The normalized spacial score (nSPS) is 10.9. The van der Waals surface area contributed by atoms with Gasteiger partial charge in [-0.25, -0.2) is 4.79 Å². The van der Waals surface area contributed by atoms with E-state index in [1.165, 1.54) is 11.8 Å².